The number of para-hydroxylation sites is 1. The molecule has 0 saturated heterocycles. The highest BCUT2D eigenvalue weighted by Crippen LogP contribution is 2.26. The van der Waals surface area contributed by atoms with Crippen molar-refractivity contribution in [3.05, 3.63) is 65.7 Å². The Morgan fingerprint density at radius 1 is 1.13 bits per heavy atom. The van der Waals surface area contributed by atoms with Crippen LogP contribution in [-0.4, -0.2) is 26.4 Å². The van der Waals surface area contributed by atoms with Crippen LogP contribution in [0.1, 0.15) is 38.3 Å². The van der Waals surface area contributed by atoms with E-state index in [0.717, 1.165) is 11.3 Å². The Kier molecular flexibility index (Phi) is 7.68. The van der Waals surface area contributed by atoms with Crippen LogP contribution >= 0.6 is 11.8 Å². The molecular weight excluding hydrogens is 415 g/mol. The number of anilines is 1. The topological polar surface area (TPSA) is 69.0 Å². The molecule has 8 heteroatoms. The molecule has 0 aliphatic carbocycles. The van der Waals surface area contributed by atoms with E-state index >= 15 is 0 Å². The van der Waals surface area contributed by atoms with Gasteiger partial charge < -0.3 is 14.6 Å². The van der Waals surface area contributed by atoms with Gasteiger partial charge in [0.1, 0.15) is 11.6 Å². The first-order chi connectivity index (χ1) is 14.8. The largest absolute Gasteiger partial charge is 0.483 e. The van der Waals surface area contributed by atoms with Gasteiger partial charge in [0.15, 0.2) is 17.1 Å². The number of rotatable bonds is 9. The highest BCUT2D eigenvalue weighted by molar-refractivity contribution is 7.99. The number of amides is 1. The van der Waals surface area contributed by atoms with Gasteiger partial charge >= 0.3 is 0 Å². The smallest absolute Gasteiger partial charge is 0.234 e. The minimum atomic E-state index is -0.383. The Morgan fingerprint density at radius 3 is 2.52 bits per heavy atom. The van der Waals surface area contributed by atoms with Crippen molar-refractivity contribution in [2.75, 3.05) is 11.1 Å². The molecule has 1 heterocycles. The van der Waals surface area contributed by atoms with Crippen molar-refractivity contribution in [1.82, 2.24) is 14.8 Å². The van der Waals surface area contributed by atoms with E-state index in [1.54, 1.807) is 12.1 Å². The Morgan fingerprint density at radius 2 is 1.84 bits per heavy atom. The molecule has 1 atom stereocenters. The molecule has 0 aliphatic rings. The number of ether oxygens (including phenoxy) is 1. The number of carbonyl (C=O) groups excluding carboxylic acids is 1. The summed E-state index contributed by atoms with van der Waals surface area (Å²) in [5.41, 5.74) is 1.82. The molecule has 0 spiro atoms. The summed E-state index contributed by atoms with van der Waals surface area (Å²) in [4.78, 5) is 12.4. The van der Waals surface area contributed by atoms with Crippen LogP contribution < -0.4 is 10.1 Å². The van der Waals surface area contributed by atoms with Gasteiger partial charge in [-0.25, -0.2) is 4.39 Å². The summed E-state index contributed by atoms with van der Waals surface area (Å²) < 4.78 is 21.1. The Labute approximate surface area is 186 Å². The van der Waals surface area contributed by atoms with E-state index in [2.05, 4.69) is 29.4 Å². The van der Waals surface area contributed by atoms with Crippen LogP contribution in [0.25, 0.3) is 0 Å². The predicted molar refractivity (Wildman–Crippen MR) is 121 cm³/mol. The first-order valence-corrected chi connectivity index (χ1v) is 11.2. The molecule has 1 N–H and O–H groups in total. The van der Waals surface area contributed by atoms with Gasteiger partial charge in [-0.1, -0.05) is 43.8 Å². The lowest BCUT2D eigenvalue weighted by atomic mass is 10.2. The van der Waals surface area contributed by atoms with Crippen LogP contribution in [0.4, 0.5) is 10.1 Å². The van der Waals surface area contributed by atoms with E-state index in [1.165, 1.54) is 23.9 Å². The standard InChI is InChI=1S/C23H27FN4O2S/c1-15(2)13-28-22(17(4)30-19-11-9-18(24)10-12-19)26-27-23(28)31-14-21(29)25-20-8-6-5-7-16(20)3/h5-12,15,17H,13-14H2,1-4H3,(H,25,29). The molecule has 1 amide bonds. The van der Waals surface area contributed by atoms with Crippen LogP contribution in [0.3, 0.4) is 0 Å². The van der Waals surface area contributed by atoms with E-state index in [4.69, 9.17) is 4.74 Å². The zero-order valence-electron chi connectivity index (χ0n) is 18.1. The van der Waals surface area contributed by atoms with Gasteiger partial charge in [0.05, 0.1) is 5.75 Å². The highest BCUT2D eigenvalue weighted by Gasteiger charge is 2.21. The maximum Gasteiger partial charge on any atom is 0.234 e. The number of aryl methyl sites for hydroxylation is 1. The van der Waals surface area contributed by atoms with Crippen molar-refractivity contribution >= 4 is 23.4 Å². The van der Waals surface area contributed by atoms with Crippen molar-refractivity contribution in [1.29, 1.82) is 0 Å². The molecule has 6 nitrogen and oxygen atoms in total. The molecule has 3 rings (SSSR count). The lowest BCUT2D eigenvalue weighted by Gasteiger charge is -2.18. The predicted octanol–water partition coefficient (Wildman–Crippen LogP) is 5.25. The van der Waals surface area contributed by atoms with Gasteiger partial charge in [-0.15, -0.1) is 10.2 Å². The maximum atomic E-state index is 13.2. The van der Waals surface area contributed by atoms with Crippen LogP contribution in [0.2, 0.25) is 0 Å². The number of halogens is 1. The third-order valence-corrected chi connectivity index (χ3v) is 5.50. The minimum Gasteiger partial charge on any atom is -0.483 e. The van der Waals surface area contributed by atoms with E-state index in [9.17, 15) is 9.18 Å². The quantitative estimate of drug-likeness (QED) is 0.458. The monoisotopic (exact) mass is 442 g/mol. The number of nitrogens with one attached hydrogen (secondary N) is 1. The lowest BCUT2D eigenvalue weighted by Crippen LogP contribution is -2.17. The number of nitrogens with zero attached hydrogens (tertiary/aromatic N) is 3. The molecule has 0 saturated carbocycles. The van der Waals surface area contributed by atoms with Crippen LogP contribution in [0.15, 0.2) is 53.7 Å². The molecule has 0 aliphatic heterocycles. The fourth-order valence-corrected chi connectivity index (χ4v) is 3.80. The number of hydrogen-bond acceptors (Lipinski definition) is 5. The van der Waals surface area contributed by atoms with Crippen molar-refractivity contribution in [3.8, 4) is 5.75 Å². The van der Waals surface area contributed by atoms with Crippen molar-refractivity contribution in [3.63, 3.8) is 0 Å². The minimum absolute atomic E-state index is 0.101. The van der Waals surface area contributed by atoms with E-state index < -0.39 is 0 Å². The highest BCUT2D eigenvalue weighted by atomic mass is 32.2. The van der Waals surface area contributed by atoms with E-state index in [1.807, 2.05) is 42.7 Å². The molecule has 0 fully saturated rings. The molecule has 1 aromatic heterocycles. The maximum absolute atomic E-state index is 13.2. The Balaban J connectivity index is 1.70. The van der Waals surface area contributed by atoms with Crippen molar-refractivity contribution < 1.29 is 13.9 Å². The van der Waals surface area contributed by atoms with Crippen molar-refractivity contribution in [2.24, 2.45) is 5.92 Å². The van der Waals surface area contributed by atoms with Crippen LogP contribution in [-0.2, 0) is 11.3 Å². The Hall–Kier alpha value is -2.87. The third kappa shape index (κ3) is 6.30. The zero-order chi connectivity index (χ0) is 22.4. The summed E-state index contributed by atoms with van der Waals surface area (Å²) in [5.74, 6) is 1.38. The second-order valence-electron chi connectivity index (χ2n) is 7.71. The summed E-state index contributed by atoms with van der Waals surface area (Å²) in [7, 11) is 0. The average Bonchev–Trinajstić information content (AvgIpc) is 3.12. The summed E-state index contributed by atoms with van der Waals surface area (Å²) in [5, 5.41) is 12.2. The van der Waals surface area contributed by atoms with Crippen LogP contribution in [0, 0.1) is 18.7 Å². The normalized spacial score (nSPS) is 12.1. The number of aromatic nitrogens is 3. The summed E-state index contributed by atoms with van der Waals surface area (Å²) in [6, 6.07) is 13.5. The molecule has 0 bridgehead atoms. The van der Waals surface area contributed by atoms with Crippen molar-refractivity contribution in [2.45, 2.75) is 45.5 Å². The first kappa shape index (κ1) is 22.8. The summed E-state index contributed by atoms with van der Waals surface area (Å²) in [6.07, 6.45) is -0.383. The van der Waals surface area contributed by atoms with E-state index in [0.29, 0.717) is 29.2 Å². The second kappa shape index (κ2) is 10.4. The fourth-order valence-electron chi connectivity index (χ4n) is 3.04. The van der Waals surface area contributed by atoms with Gasteiger partial charge in [0.2, 0.25) is 5.91 Å². The zero-order valence-corrected chi connectivity index (χ0v) is 18.9. The summed E-state index contributed by atoms with van der Waals surface area (Å²) in [6.45, 7) is 8.74. The van der Waals surface area contributed by atoms with Gasteiger partial charge in [0.25, 0.3) is 0 Å². The lowest BCUT2D eigenvalue weighted by molar-refractivity contribution is -0.113. The van der Waals surface area contributed by atoms with E-state index in [-0.39, 0.29) is 23.6 Å². The molecule has 3 aromatic rings. The van der Waals surface area contributed by atoms with Crippen LogP contribution in [0.5, 0.6) is 5.75 Å². The van der Waals surface area contributed by atoms with Gasteiger partial charge in [0, 0.05) is 12.2 Å². The summed E-state index contributed by atoms with van der Waals surface area (Å²) >= 11 is 1.34. The molecular formula is C23H27FN4O2S. The average molecular weight is 443 g/mol. The van der Waals surface area contributed by atoms with Gasteiger partial charge in [-0.2, -0.15) is 0 Å². The number of thioether (sulfide) groups is 1. The van der Waals surface area contributed by atoms with Gasteiger partial charge in [-0.3, -0.25) is 4.79 Å². The Bertz CT molecular complexity index is 1020. The molecule has 1 unspecified atom stereocenters. The molecule has 31 heavy (non-hydrogen) atoms. The molecule has 0 radical (unpaired) electrons. The second-order valence-corrected chi connectivity index (χ2v) is 8.65. The fraction of sp³-hybridized carbons (Fsp3) is 0.348. The third-order valence-electron chi connectivity index (χ3n) is 4.53. The first-order valence-electron chi connectivity index (χ1n) is 10.2. The van der Waals surface area contributed by atoms with Gasteiger partial charge in [-0.05, 0) is 55.7 Å². The number of hydrogen-bond donors (Lipinski definition) is 1. The number of carbonyl (C=O) groups is 1. The number of benzene rings is 2. The molecule has 2 aromatic carbocycles. The molecule has 164 valence electrons. The SMILES string of the molecule is Cc1ccccc1NC(=O)CSc1nnc(C(C)Oc2ccc(F)cc2)n1CC(C)C.